The van der Waals surface area contributed by atoms with E-state index in [1.807, 2.05) is 97.1 Å². The van der Waals surface area contributed by atoms with Crippen molar-refractivity contribution in [3.63, 3.8) is 0 Å². The third kappa shape index (κ3) is 11.9. The zero-order valence-corrected chi connectivity index (χ0v) is 34.5. The Labute approximate surface area is 351 Å². The number of benzene rings is 4. The van der Waals surface area contributed by atoms with E-state index < -0.39 is 34.7 Å². The third-order valence-electron chi connectivity index (χ3n) is 9.77. The van der Waals surface area contributed by atoms with E-state index in [1.54, 1.807) is 38.1 Å². The van der Waals surface area contributed by atoms with Gasteiger partial charge in [-0.15, -0.1) is 0 Å². The predicted octanol–water partition coefficient (Wildman–Crippen LogP) is 8.23. The Morgan fingerprint density at radius 2 is 0.933 bits per heavy atom. The highest BCUT2D eigenvalue weighted by Crippen LogP contribution is 2.54. The molecule has 2 N–H and O–H groups in total. The largest absolute Gasteiger partial charge is 0.491 e. The van der Waals surface area contributed by atoms with Gasteiger partial charge in [0.2, 0.25) is 0 Å². The Bertz CT molecular complexity index is 2140. The zero-order valence-electron chi connectivity index (χ0n) is 34.5. The molecule has 0 spiro atoms. The maximum absolute atomic E-state index is 12.8. The monoisotopic (exact) mass is 816 g/mol. The lowest BCUT2D eigenvalue weighted by molar-refractivity contribution is -0.141. The average Bonchev–Trinajstić information content (AvgIpc) is 3.24. The Morgan fingerprint density at radius 1 is 0.533 bits per heavy atom. The number of esters is 2. The van der Waals surface area contributed by atoms with Gasteiger partial charge in [0.15, 0.2) is 0 Å². The molecule has 0 radical (unpaired) electrons. The van der Waals surface area contributed by atoms with Crippen LogP contribution in [-0.2, 0) is 50.6 Å². The number of carbonyl (C=O) groups excluding carboxylic acids is 2. The van der Waals surface area contributed by atoms with Crippen molar-refractivity contribution in [1.29, 1.82) is 0 Å². The minimum atomic E-state index is -1.46. The first-order valence-electron chi connectivity index (χ1n) is 19.3. The smallest absolute Gasteiger partial charge is 0.333 e. The van der Waals surface area contributed by atoms with E-state index in [1.165, 1.54) is 13.8 Å². The lowest BCUT2D eigenvalue weighted by Gasteiger charge is -2.50. The summed E-state index contributed by atoms with van der Waals surface area (Å²) in [5.41, 5.74) is 0.864. The van der Waals surface area contributed by atoms with Gasteiger partial charge in [-0.1, -0.05) is 110 Å². The number of rotatable bonds is 23. The van der Waals surface area contributed by atoms with Gasteiger partial charge < -0.3 is 33.9 Å². The molecule has 4 aromatic carbocycles. The molecule has 0 aliphatic heterocycles. The first-order valence-corrected chi connectivity index (χ1v) is 19.3. The molecule has 11 heteroatoms. The fourth-order valence-electron chi connectivity index (χ4n) is 6.84. The van der Waals surface area contributed by atoms with E-state index in [2.05, 4.69) is 13.2 Å². The van der Waals surface area contributed by atoms with Crippen LogP contribution >= 0.6 is 0 Å². The van der Waals surface area contributed by atoms with E-state index >= 15 is 0 Å². The summed E-state index contributed by atoms with van der Waals surface area (Å²) in [5.74, 6) is -2.32. The van der Waals surface area contributed by atoms with E-state index in [9.17, 15) is 29.4 Å². The second kappa shape index (κ2) is 21.9. The minimum Gasteiger partial charge on any atom is -0.491 e. The van der Waals surface area contributed by atoms with Crippen LogP contribution in [-0.4, -0.2) is 73.7 Å². The molecule has 11 nitrogen and oxygen atoms in total. The van der Waals surface area contributed by atoms with Crippen molar-refractivity contribution in [3.8, 4) is 11.5 Å². The molecular formula is C49H52O11. The van der Waals surface area contributed by atoms with Crippen molar-refractivity contribution in [2.75, 3.05) is 39.6 Å². The molecule has 0 aliphatic carbocycles. The highest BCUT2D eigenvalue weighted by molar-refractivity contribution is 5.89. The number of ether oxygens (including phenoxy) is 5. The van der Waals surface area contributed by atoms with Gasteiger partial charge >= 0.3 is 23.9 Å². The second-order valence-corrected chi connectivity index (χ2v) is 14.3. The van der Waals surface area contributed by atoms with Crippen LogP contribution in [0.2, 0.25) is 0 Å². The van der Waals surface area contributed by atoms with Crippen LogP contribution in [0.5, 0.6) is 11.5 Å². The predicted molar refractivity (Wildman–Crippen MR) is 228 cm³/mol. The highest BCUT2D eigenvalue weighted by atomic mass is 16.6. The van der Waals surface area contributed by atoms with Crippen molar-refractivity contribution in [2.45, 2.75) is 44.9 Å². The van der Waals surface area contributed by atoms with E-state index in [0.29, 0.717) is 22.6 Å². The highest BCUT2D eigenvalue weighted by Gasteiger charge is 2.53. The summed E-state index contributed by atoms with van der Waals surface area (Å²) in [5, 5.41) is 20.9. The Morgan fingerprint density at radius 3 is 1.37 bits per heavy atom. The fraction of sp³-hybridized carbons (Fsp3) is 0.265. The average molecular weight is 817 g/mol. The van der Waals surface area contributed by atoms with Crippen molar-refractivity contribution < 1.29 is 53.1 Å². The van der Waals surface area contributed by atoms with E-state index in [4.69, 9.17) is 23.7 Å². The van der Waals surface area contributed by atoms with Crippen LogP contribution < -0.4 is 9.47 Å². The number of carboxylic acids is 2. The number of hydrogen-bond acceptors (Lipinski definition) is 9. The molecule has 0 saturated heterocycles. The molecule has 60 heavy (non-hydrogen) atoms. The van der Waals surface area contributed by atoms with Gasteiger partial charge in [-0.25, -0.2) is 19.2 Å². The maximum Gasteiger partial charge on any atom is 0.333 e. The van der Waals surface area contributed by atoms with Gasteiger partial charge in [0, 0.05) is 33.1 Å². The van der Waals surface area contributed by atoms with Gasteiger partial charge in [-0.2, -0.15) is 0 Å². The summed E-state index contributed by atoms with van der Waals surface area (Å²) < 4.78 is 27.8. The van der Waals surface area contributed by atoms with Crippen LogP contribution in [0.4, 0.5) is 0 Å². The molecule has 0 saturated carbocycles. The molecule has 4 rings (SSSR count). The second-order valence-electron chi connectivity index (χ2n) is 14.3. The van der Waals surface area contributed by atoms with Crippen molar-refractivity contribution in [3.05, 3.63) is 179 Å². The number of carbonyl (C=O) groups is 4. The van der Waals surface area contributed by atoms with Crippen LogP contribution in [0.25, 0.3) is 0 Å². The number of allylic oxidation sites excluding steroid dienone is 2. The summed E-state index contributed by atoms with van der Waals surface area (Å²) in [6.07, 6.45) is 3.57. The fourth-order valence-corrected chi connectivity index (χ4v) is 6.84. The topological polar surface area (TPSA) is 155 Å². The number of aliphatic carboxylic acids is 2. The first kappa shape index (κ1) is 46.0. The Balaban J connectivity index is 1.92. The normalized spacial score (nSPS) is 13.5. The molecule has 314 valence electrons. The summed E-state index contributed by atoms with van der Waals surface area (Å²) in [4.78, 5) is 49.2. The summed E-state index contributed by atoms with van der Waals surface area (Å²) >= 11 is 0. The first-order chi connectivity index (χ1) is 28.7. The van der Waals surface area contributed by atoms with Crippen LogP contribution in [0.15, 0.2) is 157 Å². The van der Waals surface area contributed by atoms with Crippen molar-refractivity contribution in [2.24, 2.45) is 0 Å². The molecule has 0 heterocycles. The van der Waals surface area contributed by atoms with Gasteiger partial charge in [0.05, 0.1) is 13.2 Å². The molecule has 1 atom stereocenters. The molecule has 0 fully saturated rings. The molecule has 1 unspecified atom stereocenters. The van der Waals surface area contributed by atoms with Gasteiger partial charge in [0.1, 0.15) is 37.9 Å². The lowest BCUT2D eigenvalue weighted by atomic mass is 9.51. The van der Waals surface area contributed by atoms with Gasteiger partial charge in [-0.3, -0.25) is 0 Å². The molecular weight excluding hydrogens is 765 g/mol. The third-order valence-corrected chi connectivity index (χ3v) is 9.77. The standard InChI is InChI=1S/C49H52O11/c1-34(2)46(54)59-28-26-56-25-27-57-42-21-17-40(18-22-42)49(33-38-13-9-7-10-14-38,41-19-23-43(24-20-41)58-29-30-60-47(55)35(3)4)48(31-36(5)44(50)51,32-37(6)45(52)53)39-15-11-8-12-16-39/h7-24,31-32H,1,3,25-30,33H2,2,4-6H3,(H,50,51)(H,52,53). The molecule has 0 aliphatic rings. The zero-order chi connectivity index (χ0) is 43.7. The van der Waals surface area contributed by atoms with Gasteiger partial charge in [0.25, 0.3) is 0 Å². The van der Waals surface area contributed by atoms with E-state index in [0.717, 1.165) is 16.7 Å². The summed E-state index contributed by atoms with van der Waals surface area (Å²) in [7, 11) is 0. The maximum atomic E-state index is 12.8. The molecule has 0 amide bonds. The SMILES string of the molecule is C=C(C)C(=O)OCCOCCOc1ccc(C(Cc2ccccc2)(c2ccc(OCCOC(=O)C(=C)C)cc2)C(C=C(C)C(=O)O)(C=C(C)C(=O)O)c2ccccc2)cc1. The van der Waals surface area contributed by atoms with Crippen LogP contribution in [0.3, 0.4) is 0 Å². The van der Waals surface area contributed by atoms with Crippen molar-refractivity contribution in [1.82, 2.24) is 0 Å². The number of hydrogen-bond donors (Lipinski definition) is 2. The minimum absolute atomic E-state index is 0.00402. The van der Waals surface area contributed by atoms with Gasteiger partial charge in [-0.05, 0) is 80.6 Å². The van der Waals surface area contributed by atoms with Crippen LogP contribution in [0, 0.1) is 0 Å². The van der Waals surface area contributed by atoms with Crippen LogP contribution in [0.1, 0.15) is 49.9 Å². The lowest BCUT2D eigenvalue weighted by Crippen LogP contribution is -2.50. The molecule has 0 bridgehead atoms. The molecule has 0 aromatic heterocycles. The Kier molecular flexibility index (Phi) is 16.8. The van der Waals surface area contributed by atoms with E-state index in [-0.39, 0.29) is 62.8 Å². The summed E-state index contributed by atoms with van der Waals surface area (Å²) in [6, 6.07) is 33.7. The Hall–Kier alpha value is -6.72. The quantitative estimate of drug-likeness (QED) is 0.0423. The molecule has 4 aromatic rings. The van der Waals surface area contributed by atoms with Crippen molar-refractivity contribution >= 4 is 23.9 Å². The number of carboxylic acid groups (broad SMARTS) is 2. The summed E-state index contributed by atoms with van der Waals surface area (Å²) in [6.45, 7) is 14.1.